The lowest BCUT2D eigenvalue weighted by molar-refractivity contribution is 0.0781. The number of thiophene rings is 1. The number of hydrogen-bond donors (Lipinski definition) is 0. The maximum atomic E-state index is 12.0. The van der Waals surface area contributed by atoms with Crippen LogP contribution >= 0.6 is 11.3 Å². The van der Waals surface area contributed by atoms with E-state index in [0.29, 0.717) is 23.8 Å². The molecule has 0 bridgehead atoms. The van der Waals surface area contributed by atoms with Crippen molar-refractivity contribution < 1.29 is 9.32 Å². The van der Waals surface area contributed by atoms with Gasteiger partial charge >= 0.3 is 0 Å². The molecule has 0 fully saturated rings. The van der Waals surface area contributed by atoms with E-state index >= 15 is 0 Å². The predicted molar refractivity (Wildman–Crippen MR) is 68.4 cm³/mol. The Morgan fingerprint density at radius 1 is 1.56 bits per heavy atom. The lowest BCUT2D eigenvalue weighted by atomic mass is 10.3. The van der Waals surface area contributed by atoms with Gasteiger partial charge in [-0.2, -0.15) is 16.3 Å². The summed E-state index contributed by atoms with van der Waals surface area (Å²) in [7, 11) is 1.73. The van der Waals surface area contributed by atoms with Crippen molar-refractivity contribution in [1.29, 1.82) is 0 Å². The van der Waals surface area contributed by atoms with Crippen molar-refractivity contribution in [3.05, 3.63) is 34.1 Å². The van der Waals surface area contributed by atoms with Crippen molar-refractivity contribution in [2.24, 2.45) is 0 Å². The second-order valence-corrected chi connectivity index (χ2v) is 4.81. The minimum atomic E-state index is -0.0295. The Morgan fingerprint density at radius 3 is 3.06 bits per heavy atom. The maximum Gasteiger partial charge on any atom is 0.254 e. The fourth-order valence-corrected chi connectivity index (χ4v) is 2.19. The second kappa shape index (κ2) is 5.77. The molecule has 96 valence electrons. The van der Waals surface area contributed by atoms with E-state index in [1.807, 2.05) is 16.8 Å². The Morgan fingerprint density at radius 2 is 2.39 bits per heavy atom. The molecule has 0 N–H and O–H groups in total. The van der Waals surface area contributed by atoms with E-state index in [9.17, 15) is 4.79 Å². The normalized spacial score (nSPS) is 10.6. The summed E-state index contributed by atoms with van der Waals surface area (Å²) in [4.78, 5) is 17.8. The van der Waals surface area contributed by atoms with E-state index in [1.165, 1.54) is 11.3 Å². The molecular formula is C12H15N3O2S. The molecule has 18 heavy (non-hydrogen) atoms. The summed E-state index contributed by atoms with van der Waals surface area (Å²) in [5.74, 6) is 1.14. The molecule has 0 aliphatic carbocycles. The molecule has 2 aromatic heterocycles. The van der Waals surface area contributed by atoms with E-state index in [-0.39, 0.29) is 5.91 Å². The largest absolute Gasteiger partial charge is 0.339 e. The molecule has 0 saturated heterocycles. The molecule has 0 radical (unpaired) electrons. The number of amides is 1. The Labute approximate surface area is 109 Å². The average Bonchev–Trinajstić information content (AvgIpc) is 3.00. The summed E-state index contributed by atoms with van der Waals surface area (Å²) in [5.41, 5.74) is 0.694. The van der Waals surface area contributed by atoms with Crippen molar-refractivity contribution in [1.82, 2.24) is 15.0 Å². The summed E-state index contributed by atoms with van der Waals surface area (Å²) in [6.07, 6.45) is 1.74. The number of hydrogen-bond acceptors (Lipinski definition) is 5. The zero-order valence-corrected chi connectivity index (χ0v) is 11.2. The van der Waals surface area contributed by atoms with Gasteiger partial charge in [-0.3, -0.25) is 4.79 Å². The first-order chi connectivity index (χ1) is 8.70. The molecule has 2 aromatic rings. The monoisotopic (exact) mass is 265 g/mol. The standard InChI is InChI=1S/C12H15N3O2S/c1-3-4-11-13-10(14-17-11)7-15(2)12(16)9-5-6-18-8-9/h5-6,8H,3-4,7H2,1-2H3. The molecule has 2 heterocycles. The van der Waals surface area contributed by atoms with Crippen LogP contribution in [-0.2, 0) is 13.0 Å². The minimum absolute atomic E-state index is 0.0295. The van der Waals surface area contributed by atoms with Crippen LogP contribution in [0.25, 0.3) is 0 Å². The van der Waals surface area contributed by atoms with Gasteiger partial charge in [-0.25, -0.2) is 0 Å². The van der Waals surface area contributed by atoms with Gasteiger partial charge in [0.05, 0.1) is 12.1 Å². The van der Waals surface area contributed by atoms with Crippen LogP contribution in [0.4, 0.5) is 0 Å². The van der Waals surface area contributed by atoms with Gasteiger partial charge in [-0.05, 0) is 17.9 Å². The molecule has 0 unspecified atom stereocenters. The zero-order valence-electron chi connectivity index (χ0n) is 10.4. The molecular weight excluding hydrogens is 250 g/mol. The summed E-state index contributed by atoms with van der Waals surface area (Å²) in [6.45, 7) is 2.41. The van der Waals surface area contributed by atoms with Gasteiger partial charge in [0.15, 0.2) is 5.82 Å². The van der Waals surface area contributed by atoms with Crippen molar-refractivity contribution in [2.45, 2.75) is 26.3 Å². The van der Waals surface area contributed by atoms with Crippen LogP contribution in [0.2, 0.25) is 0 Å². The highest BCUT2D eigenvalue weighted by Gasteiger charge is 2.15. The number of rotatable bonds is 5. The SMILES string of the molecule is CCCc1nc(CN(C)C(=O)c2ccsc2)no1. The molecule has 0 aliphatic heterocycles. The van der Waals surface area contributed by atoms with Gasteiger partial charge in [-0.1, -0.05) is 12.1 Å². The average molecular weight is 265 g/mol. The van der Waals surface area contributed by atoms with Crippen molar-refractivity contribution in [3.63, 3.8) is 0 Å². The van der Waals surface area contributed by atoms with Gasteiger partial charge in [0.2, 0.25) is 5.89 Å². The number of aromatic nitrogens is 2. The van der Waals surface area contributed by atoms with E-state index in [1.54, 1.807) is 11.9 Å². The number of carbonyl (C=O) groups excluding carboxylic acids is 1. The van der Waals surface area contributed by atoms with E-state index in [2.05, 4.69) is 17.1 Å². The topological polar surface area (TPSA) is 59.2 Å². The Bertz CT molecular complexity index is 507. The highest BCUT2D eigenvalue weighted by Crippen LogP contribution is 2.10. The predicted octanol–water partition coefficient (Wildman–Crippen LogP) is 2.36. The van der Waals surface area contributed by atoms with Gasteiger partial charge in [-0.15, -0.1) is 0 Å². The van der Waals surface area contributed by atoms with Crippen LogP contribution in [0.15, 0.2) is 21.3 Å². The second-order valence-electron chi connectivity index (χ2n) is 4.03. The van der Waals surface area contributed by atoms with Crippen molar-refractivity contribution >= 4 is 17.2 Å². The van der Waals surface area contributed by atoms with Crippen LogP contribution in [0, 0.1) is 0 Å². The molecule has 6 heteroatoms. The fourth-order valence-electron chi connectivity index (χ4n) is 1.56. The van der Waals surface area contributed by atoms with Gasteiger partial charge in [0.1, 0.15) is 0 Å². The third-order valence-corrected chi connectivity index (χ3v) is 3.15. The summed E-state index contributed by atoms with van der Waals surface area (Å²) < 4.78 is 5.08. The molecule has 0 atom stereocenters. The lowest BCUT2D eigenvalue weighted by Crippen LogP contribution is -2.26. The number of aryl methyl sites for hydroxylation is 1. The van der Waals surface area contributed by atoms with Crippen LogP contribution in [-0.4, -0.2) is 28.0 Å². The van der Waals surface area contributed by atoms with E-state index in [4.69, 9.17) is 4.52 Å². The molecule has 0 spiro atoms. The van der Waals surface area contributed by atoms with Gasteiger partial charge in [0, 0.05) is 18.8 Å². The Balaban J connectivity index is 1.98. The molecule has 1 amide bonds. The highest BCUT2D eigenvalue weighted by molar-refractivity contribution is 7.08. The summed E-state index contributed by atoms with van der Waals surface area (Å²) in [5, 5.41) is 7.58. The van der Waals surface area contributed by atoms with Crippen LogP contribution in [0.5, 0.6) is 0 Å². The fraction of sp³-hybridized carbons (Fsp3) is 0.417. The Kier molecular flexibility index (Phi) is 4.09. The first-order valence-corrected chi connectivity index (χ1v) is 6.74. The summed E-state index contributed by atoms with van der Waals surface area (Å²) >= 11 is 1.51. The molecule has 0 aromatic carbocycles. The van der Waals surface area contributed by atoms with Crippen LogP contribution in [0.3, 0.4) is 0 Å². The van der Waals surface area contributed by atoms with Gasteiger partial charge in [0.25, 0.3) is 5.91 Å². The molecule has 5 nitrogen and oxygen atoms in total. The lowest BCUT2D eigenvalue weighted by Gasteiger charge is -2.13. The van der Waals surface area contributed by atoms with E-state index in [0.717, 1.165) is 12.8 Å². The smallest absolute Gasteiger partial charge is 0.254 e. The van der Waals surface area contributed by atoms with Crippen molar-refractivity contribution in [2.75, 3.05) is 7.05 Å². The molecule has 0 saturated carbocycles. The summed E-state index contributed by atoms with van der Waals surface area (Å²) in [6, 6.07) is 1.81. The highest BCUT2D eigenvalue weighted by atomic mass is 32.1. The Hall–Kier alpha value is -1.69. The zero-order chi connectivity index (χ0) is 13.0. The third-order valence-electron chi connectivity index (χ3n) is 2.47. The first-order valence-electron chi connectivity index (χ1n) is 5.79. The molecule has 0 aliphatic rings. The number of carbonyl (C=O) groups is 1. The van der Waals surface area contributed by atoms with Crippen molar-refractivity contribution in [3.8, 4) is 0 Å². The van der Waals surface area contributed by atoms with Crippen LogP contribution in [0.1, 0.15) is 35.4 Å². The minimum Gasteiger partial charge on any atom is -0.339 e. The van der Waals surface area contributed by atoms with E-state index < -0.39 is 0 Å². The maximum absolute atomic E-state index is 12.0. The third kappa shape index (κ3) is 2.95. The molecule has 2 rings (SSSR count). The number of nitrogens with zero attached hydrogens (tertiary/aromatic N) is 3. The van der Waals surface area contributed by atoms with Gasteiger partial charge < -0.3 is 9.42 Å². The first kappa shape index (κ1) is 12.8. The van der Waals surface area contributed by atoms with Crippen LogP contribution < -0.4 is 0 Å². The quantitative estimate of drug-likeness (QED) is 0.832.